The molecule has 3 aromatic rings. The van der Waals surface area contributed by atoms with E-state index in [4.69, 9.17) is 4.42 Å². The maximum atomic E-state index is 12.2. The van der Waals surface area contributed by atoms with Crippen molar-refractivity contribution < 1.29 is 14.0 Å². The first kappa shape index (κ1) is 19.3. The fourth-order valence-corrected chi connectivity index (χ4v) is 3.58. The number of rotatable bonds is 6. The van der Waals surface area contributed by atoms with E-state index in [0.717, 1.165) is 14.9 Å². The van der Waals surface area contributed by atoms with E-state index in [1.165, 1.54) is 11.3 Å². The molecule has 0 unspecified atom stereocenters. The Bertz CT molecular complexity index is 967. The fourth-order valence-electron chi connectivity index (χ4n) is 2.45. The number of hydrogen-bond donors (Lipinski definition) is 2. The molecule has 6 nitrogen and oxygen atoms in total. The Labute approximate surface area is 169 Å². The zero-order valence-electron chi connectivity index (χ0n) is 14.8. The van der Waals surface area contributed by atoms with Gasteiger partial charge in [0.2, 0.25) is 17.7 Å². The van der Waals surface area contributed by atoms with Gasteiger partial charge in [0.1, 0.15) is 5.76 Å². The fraction of sp³-hybridized carbons (Fsp3) is 0.211. The Morgan fingerprint density at radius 2 is 2.04 bits per heavy atom. The molecule has 0 spiro atoms. The Morgan fingerprint density at radius 1 is 1.22 bits per heavy atom. The van der Waals surface area contributed by atoms with Gasteiger partial charge in [-0.25, -0.2) is 4.98 Å². The second-order valence-electron chi connectivity index (χ2n) is 5.96. The lowest BCUT2D eigenvalue weighted by molar-refractivity contribution is -0.123. The van der Waals surface area contributed by atoms with E-state index < -0.39 is 0 Å². The second-order valence-corrected chi connectivity index (χ2v) is 7.82. The molecular formula is C19H18BrN3O3S. The first-order valence-electron chi connectivity index (χ1n) is 8.25. The lowest BCUT2D eigenvalue weighted by Gasteiger charge is -2.09. The molecule has 0 aliphatic heterocycles. The summed E-state index contributed by atoms with van der Waals surface area (Å²) in [5, 5.41) is 7.33. The van der Waals surface area contributed by atoms with E-state index in [2.05, 4.69) is 31.5 Å². The summed E-state index contributed by atoms with van der Waals surface area (Å²) in [6.45, 7) is 3.57. The van der Waals surface area contributed by atoms with Gasteiger partial charge in [0.15, 0.2) is 0 Å². The van der Waals surface area contributed by atoms with Gasteiger partial charge in [-0.2, -0.15) is 0 Å². The normalized spacial score (nSPS) is 10.6. The molecule has 2 heterocycles. The van der Waals surface area contributed by atoms with Crippen molar-refractivity contribution in [3.63, 3.8) is 0 Å². The van der Waals surface area contributed by atoms with Gasteiger partial charge < -0.3 is 15.1 Å². The number of carbonyl (C=O) groups is 2. The van der Waals surface area contributed by atoms with Crippen LogP contribution in [0.3, 0.4) is 0 Å². The zero-order chi connectivity index (χ0) is 19.4. The molecule has 8 heteroatoms. The average molecular weight is 448 g/mol. The summed E-state index contributed by atoms with van der Waals surface area (Å²) in [5.41, 5.74) is 2.22. The molecule has 3 rings (SSSR count). The summed E-state index contributed by atoms with van der Waals surface area (Å²) in [5.74, 6) is 0.536. The van der Waals surface area contributed by atoms with Crippen molar-refractivity contribution >= 4 is 44.8 Å². The molecule has 0 saturated heterocycles. The van der Waals surface area contributed by atoms with Gasteiger partial charge >= 0.3 is 0 Å². The highest BCUT2D eigenvalue weighted by Gasteiger charge is 2.16. The Morgan fingerprint density at radius 3 is 2.74 bits per heavy atom. The van der Waals surface area contributed by atoms with Crippen molar-refractivity contribution in [2.24, 2.45) is 0 Å². The largest absolute Gasteiger partial charge is 0.440 e. The number of aryl methyl sites for hydroxylation is 2. The van der Waals surface area contributed by atoms with Gasteiger partial charge in [-0.1, -0.05) is 22.0 Å². The van der Waals surface area contributed by atoms with E-state index in [1.807, 2.05) is 42.6 Å². The molecule has 0 atom stereocenters. The summed E-state index contributed by atoms with van der Waals surface area (Å²) in [7, 11) is 0. The molecule has 140 valence electrons. The lowest BCUT2D eigenvalue weighted by atomic mass is 10.2. The van der Waals surface area contributed by atoms with Gasteiger partial charge in [-0.05, 0) is 49.1 Å². The first-order valence-corrected chi connectivity index (χ1v) is 9.92. The maximum absolute atomic E-state index is 12.2. The summed E-state index contributed by atoms with van der Waals surface area (Å²) in [4.78, 5) is 29.5. The summed E-state index contributed by atoms with van der Waals surface area (Å²) >= 11 is 4.90. The average Bonchev–Trinajstić information content (AvgIpc) is 3.26. The predicted octanol–water partition coefficient (Wildman–Crippen LogP) is 4.08. The Balaban J connectivity index is 1.53. The van der Waals surface area contributed by atoms with Crippen molar-refractivity contribution in [2.75, 3.05) is 11.9 Å². The third-order valence-electron chi connectivity index (χ3n) is 3.86. The van der Waals surface area contributed by atoms with Crippen LogP contribution in [0.15, 0.2) is 44.6 Å². The highest BCUT2D eigenvalue weighted by Crippen LogP contribution is 2.26. The van der Waals surface area contributed by atoms with Gasteiger partial charge in [0.05, 0.1) is 23.5 Å². The third-order valence-corrected chi connectivity index (χ3v) is 5.21. The number of thiophene rings is 1. The smallest absolute Gasteiger partial charge is 0.243 e. The first-order chi connectivity index (χ1) is 12.9. The van der Waals surface area contributed by atoms with E-state index in [-0.39, 0.29) is 24.8 Å². The molecule has 0 aliphatic carbocycles. The van der Waals surface area contributed by atoms with Crippen LogP contribution in [0.1, 0.15) is 17.0 Å². The molecule has 0 radical (unpaired) electrons. The third kappa shape index (κ3) is 5.05. The molecule has 2 aromatic heterocycles. The maximum Gasteiger partial charge on any atom is 0.243 e. The molecule has 27 heavy (non-hydrogen) atoms. The quantitative estimate of drug-likeness (QED) is 0.595. The van der Waals surface area contributed by atoms with Crippen LogP contribution >= 0.6 is 27.3 Å². The van der Waals surface area contributed by atoms with E-state index in [0.29, 0.717) is 23.0 Å². The molecule has 0 aliphatic rings. The number of hydrogen-bond acceptors (Lipinski definition) is 5. The van der Waals surface area contributed by atoms with Crippen LogP contribution in [0.4, 0.5) is 5.69 Å². The minimum Gasteiger partial charge on any atom is -0.440 e. The van der Waals surface area contributed by atoms with Crippen molar-refractivity contribution in [3.8, 4) is 10.8 Å². The number of aromatic nitrogens is 1. The van der Waals surface area contributed by atoms with E-state index in [9.17, 15) is 9.59 Å². The predicted molar refractivity (Wildman–Crippen MR) is 109 cm³/mol. The number of nitrogens with one attached hydrogen (secondary N) is 2. The molecule has 0 fully saturated rings. The lowest BCUT2D eigenvalue weighted by Crippen LogP contribution is -2.34. The SMILES string of the molecule is Cc1cc(Br)ccc1NC(=O)CNC(=O)Cc1nc(-c2cccs2)oc1C. The van der Waals surface area contributed by atoms with Gasteiger partial charge in [0.25, 0.3) is 0 Å². The van der Waals surface area contributed by atoms with Crippen LogP contribution in [-0.4, -0.2) is 23.3 Å². The van der Waals surface area contributed by atoms with Crippen molar-refractivity contribution in [1.29, 1.82) is 0 Å². The van der Waals surface area contributed by atoms with Gasteiger partial charge in [-0.3, -0.25) is 9.59 Å². The number of benzene rings is 1. The van der Waals surface area contributed by atoms with Gasteiger partial charge in [-0.15, -0.1) is 11.3 Å². The number of amides is 2. The van der Waals surface area contributed by atoms with Crippen LogP contribution in [0.5, 0.6) is 0 Å². The minimum atomic E-state index is -0.287. The van der Waals surface area contributed by atoms with Gasteiger partial charge in [0, 0.05) is 10.2 Å². The molecule has 2 N–H and O–H groups in total. The summed E-state index contributed by atoms with van der Waals surface area (Å²) in [6, 6.07) is 9.39. The van der Waals surface area contributed by atoms with Crippen molar-refractivity contribution in [3.05, 3.63) is 57.2 Å². The van der Waals surface area contributed by atoms with E-state index in [1.54, 1.807) is 6.92 Å². The monoisotopic (exact) mass is 447 g/mol. The molecule has 0 bridgehead atoms. The number of anilines is 1. The van der Waals surface area contributed by atoms with Crippen LogP contribution in [0.2, 0.25) is 0 Å². The minimum absolute atomic E-state index is 0.0608. The number of halogens is 1. The van der Waals surface area contributed by atoms with Crippen LogP contribution in [0.25, 0.3) is 10.8 Å². The molecule has 0 saturated carbocycles. The Kier molecular flexibility index (Phi) is 6.08. The van der Waals surface area contributed by atoms with Crippen LogP contribution in [-0.2, 0) is 16.0 Å². The topological polar surface area (TPSA) is 84.2 Å². The number of oxazole rings is 1. The molecular weight excluding hydrogens is 430 g/mol. The van der Waals surface area contributed by atoms with Crippen LogP contribution in [0, 0.1) is 13.8 Å². The van der Waals surface area contributed by atoms with Crippen molar-refractivity contribution in [1.82, 2.24) is 10.3 Å². The highest BCUT2D eigenvalue weighted by molar-refractivity contribution is 9.10. The number of nitrogens with zero attached hydrogens (tertiary/aromatic N) is 1. The number of carbonyl (C=O) groups excluding carboxylic acids is 2. The molecule has 2 amide bonds. The Hall–Kier alpha value is -2.45. The van der Waals surface area contributed by atoms with E-state index >= 15 is 0 Å². The zero-order valence-corrected chi connectivity index (χ0v) is 17.2. The highest BCUT2D eigenvalue weighted by atomic mass is 79.9. The van der Waals surface area contributed by atoms with Crippen LogP contribution < -0.4 is 10.6 Å². The van der Waals surface area contributed by atoms with Crippen molar-refractivity contribution in [2.45, 2.75) is 20.3 Å². The standard InChI is InChI=1S/C19H18BrN3O3S/c1-11-8-13(20)5-6-14(11)22-18(25)10-21-17(24)9-15-12(2)26-19(23-15)16-4-3-7-27-16/h3-8H,9-10H2,1-2H3,(H,21,24)(H,22,25). The second kappa shape index (κ2) is 8.49. The summed E-state index contributed by atoms with van der Waals surface area (Å²) < 4.78 is 6.56. The molecule has 1 aromatic carbocycles. The summed E-state index contributed by atoms with van der Waals surface area (Å²) in [6.07, 6.45) is 0.0608.